The van der Waals surface area contributed by atoms with E-state index in [4.69, 9.17) is 16.3 Å². The van der Waals surface area contributed by atoms with Crippen LogP contribution in [0.1, 0.15) is 54.5 Å². The SMILES string of the molecule is CC(C)c1ccc(C[C@]2(C)Cc3cc(CC(=O)N(CC(=O)O)Cc4ccc(F)c(Cl)c4)ccc3O2)cc1. The summed E-state index contributed by atoms with van der Waals surface area (Å²) in [7, 11) is 0. The van der Waals surface area contributed by atoms with E-state index in [9.17, 15) is 19.1 Å². The van der Waals surface area contributed by atoms with Gasteiger partial charge in [0.2, 0.25) is 5.91 Å². The number of amides is 1. The Morgan fingerprint density at radius 3 is 2.38 bits per heavy atom. The van der Waals surface area contributed by atoms with Gasteiger partial charge in [-0.2, -0.15) is 0 Å². The number of hydrogen-bond acceptors (Lipinski definition) is 3. The van der Waals surface area contributed by atoms with Crippen molar-refractivity contribution in [3.05, 3.63) is 99.3 Å². The molecule has 0 bridgehead atoms. The molecule has 5 nitrogen and oxygen atoms in total. The zero-order valence-electron chi connectivity index (χ0n) is 21.3. The molecule has 1 aliphatic heterocycles. The molecule has 3 aromatic carbocycles. The molecule has 194 valence electrons. The van der Waals surface area contributed by atoms with Crippen molar-refractivity contribution in [2.75, 3.05) is 6.54 Å². The van der Waals surface area contributed by atoms with Crippen LogP contribution in [0.3, 0.4) is 0 Å². The van der Waals surface area contributed by atoms with Crippen LogP contribution in [0.5, 0.6) is 5.75 Å². The number of nitrogens with zero attached hydrogens (tertiary/aromatic N) is 1. The van der Waals surface area contributed by atoms with E-state index in [0.717, 1.165) is 23.3 Å². The first-order chi connectivity index (χ1) is 17.5. The maximum absolute atomic E-state index is 13.5. The van der Waals surface area contributed by atoms with Gasteiger partial charge < -0.3 is 14.7 Å². The van der Waals surface area contributed by atoms with Crippen molar-refractivity contribution in [2.24, 2.45) is 0 Å². The Labute approximate surface area is 221 Å². The molecule has 37 heavy (non-hydrogen) atoms. The van der Waals surface area contributed by atoms with Crippen LogP contribution in [0.25, 0.3) is 0 Å². The number of aliphatic carboxylic acids is 1. The Morgan fingerprint density at radius 2 is 1.73 bits per heavy atom. The van der Waals surface area contributed by atoms with E-state index in [2.05, 4.69) is 45.0 Å². The lowest BCUT2D eigenvalue weighted by Crippen LogP contribution is -2.36. The number of carboxylic acid groups (broad SMARTS) is 1. The van der Waals surface area contributed by atoms with Gasteiger partial charge in [0.1, 0.15) is 23.7 Å². The summed E-state index contributed by atoms with van der Waals surface area (Å²) in [5, 5.41) is 9.26. The van der Waals surface area contributed by atoms with Crippen molar-refractivity contribution in [2.45, 2.75) is 58.1 Å². The van der Waals surface area contributed by atoms with Crippen molar-refractivity contribution in [3.63, 3.8) is 0 Å². The Kier molecular flexibility index (Phi) is 7.88. The van der Waals surface area contributed by atoms with Crippen molar-refractivity contribution >= 4 is 23.5 Å². The van der Waals surface area contributed by atoms with E-state index in [0.29, 0.717) is 17.9 Å². The molecule has 7 heteroatoms. The fourth-order valence-electron chi connectivity index (χ4n) is 4.78. The summed E-state index contributed by atoms with van der Waals surface area (Å²) < 4.78 is 19.8. The van der Waals surface area contributed by atoms with Crippen molar-refractivity contribution in [1.29, 1.82) is 0 Å². The number of fused-ring (bicyclic) bond motifs is 1. The smallest absolute Gasteiger partial charge is 0.323 e. The lowest BCUT2D eigenvalue weighted by Gasteiger charge is -2.24. The first-order valence-corrected chi connectivity index (χ1v) is 12.7. The topological polar surface area (TPSA) is 66.8 Å². The number of benzene rings is 3. The first kappa shape index (κ1) is 26.7. The van der Waals surface area contributed by atoms with Gasteiger partial charge in [-0.15, -0.1) is 0 Å². The minimum absolute atomic E-state index is 0.0207. The van der Waals surface area contributed by atoms with Gasteiger partial charge in [0.15, 0.2) is 0 Å². The molecule has 0 aromatic heterocycles. The van der Waals surface area contributed by atoms with Gasteiger partial charge in [0.05, 0.1) is 11.4 Å². The summed E-state index contributed by atoms with van der Waals surface area (Å²) in [6.07, 6.45) is 1.52. The second kappa shape index (κ2) is 10.9. The van der Waals surface area contributed by atoms with E-state index in [1.54, 1.807) is 0 Å². The molecule has 0 saturated carbocycles. The highest BCUT2D eigenvalue weighted by atomic mass is 35.5. The van der Waals surface area contributed by atoms with Gasteiger partial charge in [-0.05, 0) is 58.9 Å². The molecule has 3 aromatic rings. The molecule has 0 fully saturated rings. The number of rotatable bonds is 9. The monoisotopic (exact) mass is 523 g/mol. The molecule has 0 radical (unpaired) electrons. The van der Waals surface area contributed by atoms with E-state index >= 15 is 0 Å². The van der Waals surface area contributed by atoms with E-state index in [-0.39, 0.29) is 29.5 Å². The molecule has 0 spiro atoms. The molecular weight excluding hydrogens is 493 g/mol. The second-order valence-corrected chi connectivity index (χ2v) is 10.7. The third kappa shape index (κ3) is 6.69. The molecule has 4 rings (SSSR count). The van der Waals surface area contributed by atoms with Crippen molar-refractivity contribution < 1.29 is 23.8 Å². The molecule has 1 atom stereocenters. The lowest BCUT2D eigenvalue weighted by molar-refractivity contribution is -0.144. The fourth-order valence-corrected chi connectivity index (χ4v) is 4.98. The Morgan fingerprint density at radius 1 is 1.05 bits per heavy atom. The summed E-state index contributed by atoms with van der Waals surface area (Å²) >= 11 is 5.85. The predicted octanol–water partition coefficient (Wildman–Crippen LogP) is 6.19. The maximum atomic E-state index is 13.5. The normalized spacial score (nSPS) is 16.4. The van der Waals surface area contributed by atoms with Crippen LogP contribution < -0.4 is 4.74 Å². The van der Waals surface area contributed by atoms with Gasteiger partial charge >= 0.3 is 5.97 Å². The van der Waals surface area contributed by atoms with Crippen LogP contribution in [-0.4, -0.2) is 34.0 Å². The average Bonchev–Trinajstić information content (AvgIpc) is 3.16. The minimum atomic E-state index is -1.12. The molecular formula is C30H31ClFNO4. The number of hydrogen-bond donors (Lipinski definition) is 1. The number of carbonyl (C=O) groups excluding carboxylic acids is 1. The van der Waals surface area contributed by atoms with Gasteiger partial charge in [-0.1, -0.05) is 67.9 Å². The summed E-state index contributed by atoms with van der Waals surface area (Å²) in [6.45, 7) is 6.00. The summed E-state index contributed by atoms with van der Waals surface area (Å²) in [6, 6.07) is 18.4. The van der Waals surface area contributed by atoms with Gasteiger partial charge in [0, 0.05) is 19.4 Å². The van der Waals surface area contributed by atoms with Crippen LogP contribution in [0.15, 0.2) is 60.7 Å². The molecule has 1 heterocycles. The molecule has 1 amide bonds. The number of carboxylic acids is 1. The van der Waals surface area contributed by atoms with E-state index in [1.165, 1.54) is 34.2 Å². The highest BCUT2D eigenvalue weighted by molar-refractivity contribution is 6.30. The number of carbonyl (C=O) groups is 2. The van der Waals surface area contributed by atoms with E-state index in [1.807, 2.05) is 18.2 Å². The highest BCUT2D eigenvalue weighted by Gasteiger charge is 2.35. The quantitative estimate of drug-likeness (QED) is 0.363. The summed E-state index contributed by atoms with van der Waals surface area (Å²) in [5.41, 5.74) is 4.49. The third-order valence-corrected chi connectivity index (χ3v) is 6.95. The van der Waals surface area contributed by atoms with Crippen molar-refractivity contribution in [3.8, 4) is 5.75 Å². The van der Waals surface area contributed by atoms with Crippen LogP contribution in [0.2, 0.25) is 5.02 Å². The van der Waals surface area contributed by atoms with Crippen LogP contribution >= 0.6 is 11.6 Å². The fraction of sp³-hybridized carbons (Fsp3) is 0.333. The van der Waals surface area contributed by atoms with Crippen LogP contribution in [0, 0.1) is 5.82 Å². The number of ether oxygens (including phenoxy) is 1. The van der Waals surface area contributed by atoms with Crippen LogP contribution in [0.4, 0.5) is 4.39 Å². The summed E-state index contributed by atoms with van der Waals surface area (Å²) in [5.74, 6) is -0.740. The molecule has 0 aliphatic carbocycles. The van der Waals surface area contributed by atoms with Crippen molar-refractivity contribution in [1.82, 2.24) is 4.90 Å². The Balaban J connectivity index is 1.44. The van der Waals surface area contributed by atoms with Gasteiger partial charge in [-0.25, -0.2) is 4.39 Å². The molecule has 0 unspecified atom stereocenters. The second-order valence-electron chi connectivity index (χ2n) is 10.3. The standard InChI is InChI=1S/C30H31ClFNO4/c1-19(2)23-8-4-20(5-9-23)15-30(3)16-24-12-21(7-11-27(24)37-30)14-28(34)33(18-29(35)36)17-22-6-10-26(32)25(31)13-22/h4-13,19H,14-18H2,1-3H3,(H,35,36)/t30-/m1/s1. The average molecular weight is 524 g/mol. The van der Waals surface area contributed by atoms with Gasteiger partial charge in [-0.3, -0.25) is 9.59 Å². The third-order valence-electron chi connectivity index (χ3n) is 6.66. The first-order valence-electron chi connectivity index (χ1n) is 12.3. The zero-order chi connectivity index (χ0) is 26.7. The molecule has 1 N–H and O–H groups in total. The predicted molar refractivity (Wildman–Crippen MR) is 142 cm³/mol. The van der Waals surface area contributed by atoms with Crippen LogP contribution in [-0.2, 0) is 35.4 Å². The van der Waals surface area contributed by atoms with Gasteiger partial charge in [0.25, 0.3) is 0 Å². The minimum Gasteiger partial charge on any atom is -0.487 e. The number of halogens is 2. The largest absolute Gasteiger partial charge is 0.487 e. The molecule has 0 saturated heterocycles. The Hall–Kier alpha value is -3.38. The lowest BCUT2D eigenvalue weighted by atomic mass is 9.90. The molecule has 1 aliphatic rings. The Bertz CT molecular complexity index is 1310. The van der Waals surface area contributed by atoms with E-state index < -0.39 is 18.3 Å². The summed E-state index contributed by atoms with van der Waals surface area (Å²) in [4.78, 5) is 25.7. The zero-order valence-corrected chi connectivity index (χ0v) is 22.0. The maximum Gasteiger partial charge on any atom is 0.323 e. The highest BCUT2D eigenvalue weighted by Crippen LogP contribution is 2.37.